The number of aliphatic imine (C=N–C) groups is 2. The van der Waals surface area contributed by atoms with Crippen molar-refractivity contribution < 1.29 is 0 Å². The summed E-state index contributed by atoms with van der Waals surface area (Å²) in [5.74, 6) is 1.36. The second-order valence-corrected chi connectivity index (χ2v) is 5.56. The van der Waals surface area contributed by atoms with Gasteiger partial charge in [0, 0.05) is 7.05 Å². The van der Waals surface area contributed by atoms with Crippen molar-refractivity contribution in [2.24, 2.45) is 9.98 Å². The number of hydrazine groups is 1. The molecule has 0 aliphatic carbocycles. The normalized spacial score (nSPS) is 18.2. The van der Waals surface area contributed by atoms with E-state index in [0.717, 1.165) is 5.84 Å². The quantitative estimate of drug-likeness (QED) is 0.743. The number of benzene rings is 1. The maximum atomic E-state index is 6.26. The minimum atomic E-state index is 0.379. The van der Waals surface area contributed by atoms with Crippen LogP contribution in [0.1, 0.15) is 6.92 Å². The largest absolute Gasteiger partial charge is 0.308 e. The molecule has 3 rings (SSSR count). The van der Waals surface area contributed by atoms with Crippen LogP contribution in [0.3, 0.4) is 0 Å². The minimum Gasteiger partial charge on any atom is -0.308 e. The van der Waals surface area contributed by atoms with Crippen molar-refractivity contribution in [2.75, 3.05) is 18.7 Å². The van der Waals surface area contributed by atoms with Gasteiger partial charge in [0.1, 0.15) is 12.5 Å². The molecule has 0 aromatic heterocycles. The molecule has 0 saturated carbocycles. The number of amidine groups is 1. The first-order valence-corrected chi connectivity index (χ1v) is 7.06. The van der Waals surface area contributed by atoms with Gasteiger partial charge in [-0.3, -0.25) is 5.01 Å². The van der Waals surface area contributed by atoms with Crippen LogP contribution in [0.25, 0.3) is 0 Å². The van der Waals surface area contributed by atoms with Gasteiger partial charge in [0.25, 0.3) is 5.96 Å². The molecule has 2 aliphatic heterocycles. The van der Waals surface area contributed by atoms with Gasteiger partial charge in [-0.1, -0.05) is 29.3 Å². The molecule has 0 fully saturated rings. The van der Waals surface area contributed by atoms with Gasteiger partial charge in [0.05, 0.1) is 15.7 Å². The predicted octanol–water partition coefficient (Wildman–Crippen LogP) is 2.99. The van der Waals surface area contributed by atoms with Crippen molar-refractivity contribution in [3.05, 3.63) is 28.2 Å². The van der Waals surface area contributed by atoms with Gasteiger partial charge in [0.15, 0.2) is 0 Å². The number of anilines is 1. The second kappa shape index (κ2) is 4.87. The van der Waals surface area contributed by atoms with E-state index >= 15 is 0 Å². The molecule has 0 atom stereocenters. The van der Waals surface area contributed by atoms with Gasteiger partial charge in [-0.25, -0.2) is 4.99 Å². The molecule has 2 heterocycles. The zero-order valence-corrected chi connectivity index (χ0v) is 13.2. The smallest absolute Gasteiger partial charge is 0.250 e. The Bertz CT molecular complexity index is 637. The van der Waals surface area contributed by atoms with Crippen LogP contribution in [0.2, 0.25) is 10.0 Å². The number of nitrogens with zero attached hydrogens (tertiary/aromatic N) is 5. The Balaban J connectivity index is 2.06. The van der Waals surface area contributed by atoms with Crippen LogP contribution >= 0.6 is 35.4 Å². The van der Waals surface area contributed by atoms with Crippen LogP contribution in [-0.4, -0.2) is 40.5 Å². The van der Waals surface area contributed by atoms with Gasteiger partial charge in [0.2, 0.25) is 5.11 Å². The molecule has 0 N–H and O–H groups in total. The Morgan fingerprint density at radius 1 is 1.25 bits per heavy atom. The molecule has 104 valence electrons. The molecule has 0 spiro atoms. The van der Waals surface area contributed by atoms with Gasteiger partial charge < -0.3 is 4.90 Å². The number of fused-ring (bicyclic) bond motifs is 1. The van der Waals surface area contributed by atoms with E-state index in [1.165, 1.54) is 0 Å². The standard InChI is InChI=1S/C12H11Cl2N5S/c1-7-16-11-15-6-18(19(11)12(20)17(7)2)10-8(13)4-3-5-9(10)14/h3-5H,6H2,1-2H3. The molecule has 0 radical (unpaired) electrons. The van der Waals surface area contributed by atoms with Crippen molar-refractivity contribution in [2.45, 2.75) is 6.92 Å². The summed E-state index contributed by atoms with van der Waals surface area (Å²) < 4.78 is 0. The van der Waals surface area contributed by atoms with E-state index < -0.39 is 0 Å². The summed E-state index contributed by atoms with van der Waals surface area (Å²) in [7, 11) is 1.86. The van der Waals surface area contributed by atoms with Crippen molar-refractivity contribution in [3.8, 4) is 0 Å². The first kappa shape index (κ1) is 13.6. The molecule has 0 bridgehead atoms. The Kier molecular flexibility index (Phi) is 3.32. The Morgan fingerprint density at radius 3 is 2.55 bits per heavy atom. The third-order valence-electron chi connectivity index (χ3n) is 3.19. The summed E-state index contributed by atoms with van der Waals surface area (Å²) in [5, 5.41) is 5.26. The molecular formula is C12H11Cl2N5S. The number of rotatable bonds is 1. The Hall–Kier alpha value is -1.37. The van der Waals surface area contributed by atoms with E-state index in [9.17, 15) is 0 Å². The summed E-state index contributed by atoms with van der Waals surface area (Å²) in [4.78, 5) is 10.6. The van der Waals surface area contributed by atoms with Gasteiger partial charge in [-0.15, -0.1) is 0 Å². The summed E-state index contributed by atoms with van der Waals surface area (Å²) in [5.41, 5.74) is 0.681. The highest BCUT2D eigenvalue weighted by atomic mass is 35.5. The summed E-state index contributed by atoms with van der Waals surface area (Å²) in [6.07, 6.45) is 0. The van der Waals surface area contributed by atoms with Crippen molar-refractivity contribution in [1.82, 2.24) is 9.91 Å². The lowest BCUT2D eigenvalue weighted by Crippen LogP contribution is -2.55. The zero-order chi connectivity index (χ0) is 14.4. The van der Waals surface area contributed by atoms with Gasteiger partial charge >= 0.3 is 0 Å². The SMILES string of the molecule is CC1=NC2=NCN(c3c(Cl)cccc3Cl)N2C(=S)N1C. The Morgan fingerprint density at radius 2 is 1.90 bits per heavy atom. The number of hydrogen-bond donors (Lipinski definition) is 0. The van der Waals surface area contributed by atoms with E-state index in [4.69, 9.17) is 35.4 Å². The van der Waals surface area contributed by atoms with E-state index in [1.54, 1.807) is 23.2 Å². The minimum absolute atomic E-state index is 0.379. The van der Waals surface area contributed by atoms with E-state index in [0.29, 0.717) is 33.5 Å². The van der Waals surface area contributed by atoms with Crippen molar-refractivity contribution in [3.63, 3.8) is 0 Å². The molecule has 20 heavy (non-hydrogen) atoms. The summed E-state index contributed by atoms with van der Waals surface area (Å²) in [6.45, 7) is 2.26. The second-order valence-electron chi connectivity index (χ2n) is 4.38. The highest BCUT2D eigenvalue weighted by Crippen LogP contribution is 2.36. The molecule has 0 amide bonds. The molecule has 8 heteroatoms. The van der Waals surface area contributed by atoms with Crippen LogP contribution in [-0.2, 0) is 0 Å². The van der Waals surface area contributed by atoms with E-state index in [1.807, 2.05) is 23.9 Å². The lowest BCUT2D eigenvalue weighted by Gasteiger charge is -2.37. The number of para-hydroxylation sites is 1. The fourth-order valence-corrected chi connectivity index (χ4v) is 2.95. The van der Waals surface area contributed by atoms with Gasteiger partial charge in [-0.05, 0) is 31.3 Å². The third-order valence-corrected chi connectivity index (χ3v) is 4.24. The lowest BCUT2D eigenvalue weighted by atomic mass is 10.3. The first-order chi connectivity index (χ1) is 9.50. The lowest BCUT2D eigenvalue weighted by molar-refractivity contribution is 0.522. The fourth-order valence-electron chi connectivity index (χ4n) is 2.05. The van der Waals surface area contributed by atoms with Crippen molar-refractivity contribution >= 4 is 58.0 Å². The summed E-state index contributed by atoms with van der Waals surface area (Å²) in [6, 6.07) is 5.37. The van der Waals surface area contributed by atoms with Crippen LogP contribution in [0, 0.1) is 0 Å². The maximum absolute atomic E-state index is 6.26. The van der Waals surface area contributed by atoms with Crippen LogP contribution in [0.15, 0.2) is 28.2 Å². The molecule has 5 nitrogen and oxygen atoms in total. The third kappa shape index (κ3) is 1.95. The van der Waals surface area contributed by atoms with E-state index in [-0.39, 0.29) is 0 Å². The zero-order valence-electron chi connectivity index (χ0n) is 10.8. The topological polar surface area (TPSA) is 34.4 Å². The highest BCUT2D eigenvalue weighted by Gasteiger charge is 2.36. The van der Waals surface area contributed by atoms with Crippen LogP contribution in [0.5, 0.6) is 0 Å². The molecule has 2 aliphatic rings. The maximum Gasteiger partial charge on any atom is 0.250 e. The molecule has 0 saturated heterocycles. The van der Waals surface area contributed by atoms with Crippen molar-refractivity contribution in [1.29, 1.82) is 0 Å². The monoisotopic (exact) mass is 327 g/mol. The van der Waals surface area contributed by atoms with Crippen LogP contribution in [0.4, 0.5) is 5.69 Å². The first-order valence-electron chi connectivity index (χ1n) is 5.89. The average molecular weight is 328 g/mol. The number of hydrogen-bond acceptors (Lipinski definition) is 4. The van der Waals surface area contributed by atoms with Crippen LogP contribution < -0.4 is 5.01 Å². The fraction of sp³-hybridized carbons (Fsp3) is 0.250. The average Bonchev–Trinajstić information content (AvgIpc) is 2.80. The number of halogens is 2. The Labute approximate surface area is 132 Å². The molecule has 1 aromatic rings. The van der Waals surface area contributed by atoms with E-state index in [2.05, 4.69) is 9.98 Å². The number of guanidine groups is 1. The van der Waals surface area contributed by atoms with Gasteiger partial charge in [-0.2, -0.15) is 10.0 Å². The predicted molar refractivity (Wildman–Crippen MR) is 86.6 cm³/mol. The molecule has 1 aromatic carbocycles. The molecular weight excluding hydrogens is 317 g/mol. The molecule has 0 unspecified atom stereocenters. The highest BCUT2D eigenvalue weighted by molar-refractivity contribution is 7.80. The number of thiocarbonyl (C=S) groups is 1. The summed E-state index contributed by atoms with van der Waals surface area (Å²) >= 11 is 18.0.